The van der Waals surface area contributed by atoms with Crippen molar-refractivity contribution in [1.29, 1.82) is 0 Å². The third-order valence-electron chi connectivity index (χ3n) is 0.902. The van der Waals surface area contributed by atoms with Gasteiger partial charge in [0.05, 0.1) is 0 Å². The topological polar surface area (TPSA) is 47.1 Å². The predicted octanol–water partition coefficient (Wildman–Crippen LogP) is 0.703. The second-order valence-electron chi connectivity index (χ2n) is 1.43. The number of hydrogen-bond acceptors (Lipinski definition) is 2. The summed E-state index contributed by atoms with van der Waals surface area (Å²) in [6.45, 7) is 0. The van der Waals surface area contributed by atoms with Crippen LogP contribution in [0.3, 0.4) is 0 Å². The summed E-state index contributed by atoms with van der Waals surface area (Å²) in [5.41, 5.74) is 0. The average Bonchev–Trinajstić information content (AvgIpc) is 2.14. The molecule has 0 aromatic heterocycles. The Kier molecular flexibility index (Phi) is 3.99. The summed E-state index contributed by atoms with van der Waals surface area (Å²) < 4.78 is 11.4. The summed E-state index contributed by atoms with van der Waals surface area (Å²) in [6.07, 6.45) is 6.91. The monoisotopic (exact) mass is 218 g/mol. The van der Waals surface area contributed by atoms with E-state index in [0.717, 1.165) is 6.42 Å². The molecule has 0 bridgehead atoms. The molecule has 0 aromatic rings. The van der Waals surface area contributed by atoms with Gasteiger partial charge in [-0.3, -0.25) is 0 Å². The zero-order chi connectivity index (χ0) is 5.11. The summed E-state index contributed by atoms with van der Waals surface area (Å²) in [7, 11) is 0. The van der Waals surface area contributed by atoms with Gasteiger partial charge in [0.15, 0.2) is 0 Å². The van der Waals surface area contributed by atoms with Gasteiger partial charge in [0, 0.05) is 0 Å². The van der Waals surface area contributed by atoms with Crippen LogP contribution in [-0.4, -0.2) is 26.6 Å². The second-order valence-corrected chi connectivity index (χ2v) is 3.84. The van der Waals surface area contributed by atoms with E-state index in [2.05, 4.69) is 0 Å². The normalized spacial score (nSPS) is 14.2. The van der Waals surface area contributed by atoms with Gasteiger partial charge >= 0.3 is 52.4 Å². The Morgan fingerprint density at radius 2 is 2.38 bits per heavy atom. The van der Waals surface area contributed by atoms with Crippen molar-refractivity contribution in [2.45, 2.75) is 6.42 Å². The molecule has 42 valence electrons. The fourth-order valence-corrected chi connectivity index (χ4v) is 1.57. The van der Waals surface area contributed by atoms with Crippen LogP contribution in [0.15, 0.2) is 21.8 Å². The average molecular weight is 217 g/mol. The first-order chi connectivity index (χ1) is 3.43. The first kappa shape index (κ1) is 8.04. The van der Waals surface area contributed by atoms with Crippen LogP contribution in [0.25, 0.3) is 0 Å². The van der Waals surface area contributed by atoms with Crippen LogP contribution in [-0.2, 0) is 3.08 Å². The van der Waals surface area contributed by atoms with Gasteiger partial charge < -0.3 is 5.48 Å². The van der Waals surface area contributed by atoms with Crippen molar-refractivity contribution in [2.75, 3.05) is 0 Å². The van der Waals surface area contributed by atoms with Crippen molar-refractivity contribution in [1.82, 2.24) is 0 Å². The Hall–Kier alpha value is 0.0387. The predicted molar refractivity (Wildman–Crippen MR) is 30.2 cm³/mol. The van der Waals surface area contributed by atoms with Crippen molar-refractivity contribution < 1.29 is 8.55 Å². The zero-order valence-corrected chi connectivity index (χ0v) is 7.15. The molecule has 1 aliphatic carbocycles. The Morgan fingerprint density at radius 1 is 1.62 bits per heavy atom. The van der Waals surface area contributed by atoms with E-state index in [4.69, 9.17) is 0 Å². The van der Waals surface area contributed by atoms with E-state index in [1.165, 1.54) is 3.59 Å². The van der Waals surface area contributed by atoms with Crippen LogP contribution in [0.4, 0.5) is 0 Å². The molecule has 0 atom stereocenters. The van der Waals surface area contributed by atoms with Gasteiger partial charge in [-0.15, -0.1) is 0 Å². The van der Waals surface area contributed by atoms with Crippen LogP contribution in [0.1, 0.15) is 6.42 Å². The van der Waals surface area contributed by atoms with E-state index in [1.807, 2.05) is 18.2 Å². The molecule has 0 heterocycles. The summed E-state index contributed by atoms with van der Waals surface area (Å²) in [5, 5.41) is 0. The molecule has 0 radical (unpaired) electrons. The van der Waals surface area contributed by atoms with Crippen molar-refractivity contribution >= 4 is 21.1 Å². The molecule has 1 N–H and O–H groups in total. The third kappa shape index (κ3) is 1.88. The fourth-order valence-electron chi connectivity index (χ4n) is 0.523. The summed E-state index contributed by atoms with van der Waals surface area (Å²) in [5.74, 6) is 0. The molecule has 0 amide bonds. The van der Waals surface area contributed by atoms with Gasteiger partial charge in [0.1, 0.15) is 0 Å². The van der Waals surface area contributed by atoms with Crippen LogP contribution in [0.2, 0.25) is 0 Å². The number of hydrogen-bond donors (Lipinski definition) is 0. The van der Waals surface area contributed by atoms with E-state index < -0.39 is 21.1 Å². The number of allylic oxidation sites excluding steroid dienone is 4. The van der Waals surface area contributed by atoms with Gasteiger partial charge in [-0.2, -0.15) is 0 Å². The Balaban J connectivity index is 0.000000490. The minimum absolute atomic E-state index is 0. The van der Waals surface area contributed by atoms with Gasteiger partial charge in [0.2, 0.25) is 0 Å². The summed E-state index contributed by atoms with van der Waals surface area (Å²) in [6, 6.07) is 0. The van der Waals surface area contributed by atoms with E-state index in [0.29, 0.717) is 0 Å². The van der Waals surface area contributed by atoms with Gasteiger partial charge in [0.25, 0.3) is 0 Å². The van der Waals surface area contributed by atoms with Crippen LogP contribution in [0.5, 0.6) is 0 Å². The van der Waals surface area contributed by atoms with E-state index in [-0.39, 0.29) is 5.48 Å². The van der Waals surface area contributed by atoms with Gasteiger partial charge in [-0.25, -0.2) is 0 Å². The van der Waals surface area contributed by atoms with E-state index in [9.17, 15) is 3.08 Å². The van der Waals surface area contributed by atoms with E-state index in [1.54, 1.807) is 0 Å². The molecule has 1 rings (SSSR count). The quantitative estimate of drug-likeness (QED) is 0.606. The first-order valence-corrected chi connectivity index (χ1v) is 4.76. The molecule has 1 aliphatic rings. The molecule has 0 unspecified atom stereocenters. The van der Waals surface area contributed by atoms with Crippen molar-refractivity contribution in [3.05, 3.63) is 21.8 Å². The molecule has 0 aromatic carbocycles. The Morgan fingerprint density at radius 3 is 2.62 bits per heavy atom. The molecular formula is C5H6O2Sn. The van der Waals surface area contributed by atoms with Gasteiger partial charge in [-0.05, 0) is 0 Å². The van der Waals surface area contributed by atoms with Crippen LogP contribution >= 0.6 is 0 Å². The summed E-state index contributed by atoms with van der Waals surface area (Å²) in [4.78, 5) is 0. The van der Waals surface area contributed by atoms with Crippen molar-refractivity contribution in [3.8, 4) is 0 Å². The van der Waals surface area contributed by atoms with Crippen molar-refractivity contribution in [3.63, 3.8) is 0 Å². The molecule has 0 fully saturated rings. The van der Waals surface area contributed by atoms with E-state index >= 15 is 0 Å². The second kappa shape index (κ2) is 3.97. The maximum absolute atomic E-state index is 10.2. The molecule has 3 heteroatoms. The zero-order valence-electron chi connectivity index (χ0n) is 4.29. The fraction of sp³-hybridized carbons (Fsp3) is 0.200. The molecule has 0 saturated heterocycles. The molecule has 0 spiro atoms. The molecule has 0 saturated carbocycles. The van der Waals surface area contributed by atoms with Crippen molar-refractivity contribution in [2.24, 2.45) is 0 Å². The molecular weight excluding hydrogens is 211 g/mol. The maximum atomic E-state index is 10.2. The third-order valence-corrected chi connectivity index (χ3v) is 2.71. The SMILES string of the molecule is [OH-].[O]=[Sn+][C]1=CC=CC1. The number of rotatable bonds is 1. The molecule has 0 aliphatic heterocycles. The Labute approximate surface area is 58.2 Å². The Bertz CT molecular complexity index is 137. The van der Waals surface area contributed by atoms with Gasteiger partial charge in [-0.1, -0.05) is 0 Å². The standard InChI is InChI=1S/C5H5.H2O.O.Sn/c1-2-4-5-3-1;;;/h1-3H,4H2;1H2;;/q;;;+1/p-1. The minimum atomic E-state index is -1.29. The molecule has 2 nitrogen and oxygen atoms in total. The van der Waals surface area contributed by atoms with Crippen LogP contribution < -0.4 is 0 Å². The first-order valence-electron chi connectivity index (χ1n) is 2.17. The summed E-state index contributed by atoms with van der Waals surface area (Å²) >= 11 is -1.29. The van der Waals surface area contributed by atoms with Crippen LogP contribution in [0, 0.1) is 0 Å². The molecule has 8 heavy (non-hydrogen) atoms.